The lowest BCUT2D eigenvalue weighted by molar-refractivity contribution is -0.121. The van der Waals surface area contributed by atoms with Crippen molar-refractivity contribution in [1.29, 1.82) is 0 Å². The molecule has 0 radical (unpaired) electrons. The number of benzene rings is 2. The second kappa shape index (κ2) is 8.79. The summed E-state index contributed by atoms with van der Waals surface area (Å²) in [5.41, 5.74) is 2.06. The molecule has 0 heterocycles. The summed E-state index contributed by atoms with van der Waals surface area (Å²) in [7, 11) is 0. The Morgan fingerprint density at radius 3 is 2.41 bits per heavy atom. The van der Waals surface area contributed by atoms with Gasteiger partial charge in [0.05, 0.1) is 0 Å². The molecule has 22 heavy (non-hydrogen) atoms. The summed E-state index contributed by atoms with van der Waals surface area (Å²) in [6.07, 6.45) is 0.429. The van der Waals surface area contributed by atoms with E-state index >= 15 is 0 Å². The summed E-state index contributed by atoms with van der Waals surface area (Å²) in [5, 5.41) is 7.49. The van der Waals surface area contributed by atoms with Gasteiger partial charge >= 0.3 is 0 Å². The van der Waals surface area contributed by atoms with Crippen molar-refractivity contribution in [2.75, 3.05) is 6.54 Å². The van der Waals surface area contributed by atoms with E-state index in [1.54, 1.807) is 0 Å². The molecule has 0 saturated heterocycles. The fraction of sp³-hybridized carbons (Fsp3) is 0.235. The van der Waals surface area contributed by atoms with Gasteiger partial charge in [0, 0.05) is 36.1 Å². The molecule has 0 atom stereocenters. The van der Waals surface area contributed by atoms with Crippen LogP contribution in [0.15, 0.2) is 48.5 Å². The third-order valence-electron chi connectivity index (χ3n) is 3.21. The molecule has 3 nitrogen and oxygen atoms in total. The third-order valence-corrected chi connectivity index (χ3v) is 3.83. The second-order valence-electron chi connectivity index (χ2n) is 4.92. The number of hydrogen-bond donors (Lipinski definition) is 2. The Morgan fingerprint density at radius 1 is 0.955 bits per heavy atom. The number of amides is 1. The van der Waals surface area contributed by atoms with Crippen molar-refractivity contribution in [2.45, 2.75) is 19.5 Å². The van der Waals surface area contributed by atoms with E-state index in [2.05, 4.69) is 10.6 Å². The Morgan fingerprint density at radius 2 is 1.68 bits per heavy atom. The zero-order valence-corrected chi connectivity index (χ0v) is 13.6. The molecule has 0 saturated carbocycles. The molecule has 5 heteroatoms. The Labute approximate surface area is 140 Å². The van der Waals surface area contributed by atoms with Crippen molar-refractivity contribution in [1.82, 2.24) is 10.6 Å². The lowest BCUT2D eigenvalue weighted by Gasteiger charge is -2.08. The molecule has 0 aliphatic heterocycles. The topological polar surface area (TPSA) is 41.1 Å². The van der Waals surface area contributed by atoms with Crippen molar-refractivity contribution >= 4 is 29.1 Å². The van der Waals surface area contributed by atoms with E-state index in [0.29, 0.717) is 24.5 Å². The highest BCUT2D eigenvalue weighted by Gasteiger charge is 2.03. The summed E-state index contributed by atoms with van der Waals surface area (Å²) in [4.78, 5) is 11.8. The van der Waals surface area contributed by atoms with Crippen LogP contribution in [-0.2, 0) is 17.9 Å². The molecule has 2 rings (SSSR count). The number of carbonyl (C=O) groups excluding carboxylic acids is 1. The molecule has 1 amide bonds. The molecule has 0 fully saturated rings. The molecule has 0 unspecified atom stereocenters. The fourth-order valence-corrected chi connectivity index (χ4v) is 2.29. The van der Waals surface area contributed by atoms with Crippen LogP contribution >= 0.6 is 23.2 Å². The maximum atomic E-state index is 11.8. The van der Waals surface area contributed by atoms with Crippen molar-refractivity contribution in [2.24, 2.45) is 0 Å². The highest BCUT2D eigenvalue weighted by Crippen LogP contribution is 2.14. The molecule has 0 bridgehead atoms. The van der Waals surface area contributed by atoms with Gasteiger partial charge in [-0.05, 0) is 29.3 Å². The van der Waals surface area contributed by atoms with E-state index in [9.17, 15) is 4.79 Å². The highest BCUT2D eigenvalue weighted by atomic mass is 35.5. The minimum atomic E-state index is 0.00326. The van der Waals surface area contributed by atoms with Gasteiger partial charge in [0.2, 0.25) is 5.91 Å². The number of rotatable bonds is 7. The number of halogens is 2. The summed E-state index contributed by atoms with van der Waals surface area (Å²) in [6.45, 7) is 1.79. The number of nitrogens with one attached hydrogen (secondary N) is 2. The van der Waals surface area contributed by atoms with Crippen molar-refractivity contribution in [3.05, 3.63) is 69.7 Å². The smallest absolute Gasteiger partial charge is 0.221 e. The van der Waals surface area contributed by atoms with Crippen LogP contribution in [0.5, 0.6) is 0 Å². The van der Waals surface area contributed by atoms with Crippen molar-refractivity contribution in [3.63, 3.8) is 0 Å². The average Bonchev–Trinajstić information content (AvgIpc) is 2.52. The fourth-order valence-electron chi connectivity index (χ4n) is 1.96. The first-order valence-electron chi connectivity index (χ1n) is 7.10. The van der Waals surface area contributed by atoms with Crippen LogP contribution in [0.2, 0.25) is 10.0 Å². The maximum absolute atomic E-state index is 11.8. The lowest BCUT2D eigenvalue weighted by Crippen LogP contribution is -2.27. The van der Waals surface area contributed by atoms with E-state index in [4.69, 9.17) is 23.2 Å². The maximum Gasteiger partial charge on any atom is 0.221 e. The van der Waals surface area contributed by atoms with Crippen molar-refractivity contribution < 1.29 is 4.79 Å². The first kappa shape index (κ1) is 16.8. The van der Waals surface area contributed by atoms with E-state index < -0.39 is 0 Å². The predicted molar refractivity (Wildman–Crippen MR) is 91.1 cm³/mol. The zero-order chi connectivity index (χ0) is 15.8. The van der Waals surface area contributed by atoms with Crippen LogP contribution < -0.4 is 10.6 Å². The van der Waals surface area contributed by atoms with Crippen molar-refractivity contribution in [3.8, 4) is 0 Å². The van der Waals surface area contributed by atoms with Gasteiger partial charge < -0.3 is 10.6 Å². The Hall–Kier alpha value is -1.55. The summed E-state index contributed by atoms with van der Waals surface area (Å²) >= 11 is 11.9. The van der Waals surface area contributed by atoms with Crippen LogP contribution in [0.25, 0.3) is 0 Å². The minimum Gasteiger partial charge on any atom is -0.352 e. The minimum absolute atomic E-state index is 0.00326. The van der Waals surface area contributed by atoms with Crippen LogP contribution in [-0.4, -0.2) is 12.5 Å². The van der Waals surface area contributed by atoms with E-state index in [-0.39, 0.29) is 5.91 Å². The lowest BCUT2D eigenvalue weighted by atomic mass is 10.2. The van der Waals surface area contributed by atoms with Crippen LogP contribution in [0.1, 0.15) is 17.5 Å². The molecule has 0 aliphatic carbocycles. The van der Waals surface area contributed by atoms with Gasteiger partial charge in [-0.1, -0.05) is 53.5 Å². The highest BCUT2D eigenvalue weighted by molar-refractivity contribution is 6.31. The summed E-state index contributed by atoms with van der Waals surface area (Å²) in [6, 6.07) is 15.1. The SMILES string of the molecule is O=C(CCNCc1ccc(Cl)cc1)NCc1ccccc1Cl. The van der Waals surface area contributed by atoms with E-state index in [1.165, 1.54) is 0 Å². The van der Waals surface area contributed by atoms with E-state index in [1.807, 2.05) is 48.5 Å². The Balaban J connectivity index is 1.64. The molecule has 0 spiro atoms. The first-order valence-corrected chi connectivity index (χ1v) is 7.86. The average molecular weight is 337 g/mol. The van der Waals surface area contributed by atoms with Gasteiger partial charge in [-0.25, -0.2) is 0 Å². The Bertz CT molecular complexity index is 614. The third kappa shape index (κ3) is 5.68. The standard InChI is InChI=1S/C17H18Cl2N2O/c18-15-7-5-13(6-8-15)11-20-10-9-17(22)21-12-14-3-1-2-4-16(14)19/h1-8,20H,9-12H2,(H,21,22). The van der Waals surface area contributed by atoms with Gasteiger partial charge in [-0.3, -0.25) is 4.79 Å². The van der Waals surface area contributed by atoms with Crippen LogP contribution in [0, 0.1) is 0 Å². The molecule has 2 aromatic rings. The molecule has 0 aromatic heterocycles. The first-order chi connectivity index (χ1) is 10.6. The van der Waals surface area contributed by atoms with E-state index in [0.717, 1.165) is 22.7 Å². The molecule has 0 aliphatic rings. The summed E-state index contributed by atoms with van der Waals surface area (Å²) in [5.74, 6) is 0.00326. The molecule has 2 aromatic carbocycles. The Kier molecular flexibility index (Phi) is 6.72. The van der Waals surface area contributed by atoms with Gasteiger partial charge in [0.1, 0.15) is 0 Å². The largest absolute Gasteiger partial charge is 0.352 e. The van der Waals surface area contributed by atoms with Gasteiger partial charge in [-0.15, -0.1) is 0 Å². The van der Waals surface area contributed by atoms with Gasteiger partial charge in [0.25, 0.3) is 0 Å². The quantitative estimate of drug-likeness (QED) is 0.755. The molecular formula is C17H18Cl2N2O. The zero-order valence-electron chi connectivity index (χ0n) is 12.1. The van der Waals surface area contributed by atoms with Gasteiger partial charge in [-0.2, -0.15) is 0 Å². The van der Waals surface area contributed by atoms with Gasteiger partial charge in [0.15, 0.2) is 0 Å². The molecular weight excluding hydrogens is 319 g/mol. The molecule has 116 valence electrons. The summed E-state index contributed by atoms with van der Waals surface area (Å²) < 4.78 is 0. The van der Waals surface area contributed by atoms with Crippen LogP contribution in [0.4, 0.5) is 0 Å². The normalized spacial score (nSPS) is 10.5. The number of carbonyl (C=O) groups is 1. The molecule has 2 N–H and O–H groups in total. The van der Waals surface area contributed by atoms with Crippen LogP contribution in [0.3, 0.4) is 0 Å². The number of hydrogen-bond acceptors (Lipinski definition) is 2. The predicted octanol–water partition coefficient (Wildman–Crippen LogP) is 3.79. The second-order valence-corrected chi connectivity index (χ2v) is 5.77. The monoisotopic (exact) mass is 336 g/mol.